The van der Waals surface area contributed by atoms with Gasteiger partial charge in [-0.15, -0.1) is 0 Å². The lowest BCUT2D eigenvalue weighted by Crippen LogP contribution is -2.21. The summed E-state index contributed by atoms with van der Waals surface area (Å²) in [5.41, 5.74) is 8.75. The topological polar surface area (TPSA) is 63.8 Å². The molecule has 0 aliphatic heterocycles. The van der Waals surface area contributed by atoms with Gasteiger partial charge in [-0.1, -0.05) is 0 Å². The summed E-state index contributed by atoms with van der Waals surface area (Å²) in [6.07, 6.45) is 10.2. The summed E-state index contributed by atoms with van der Waals surface area (Å²) in [7, 11) is 0. The van der Waals surface area contributed by atoms with Crippen LogP contribution in [0.25, 0.3) is 0 Å². The van der Waals surface area contributed by atoms with Crippen molar-refractivity contribution in [2.45, 2.75) is 44.9 Å². The molecule has 0 unspecified atom stereocenters. The molecule has 0 bridgehead atoms. The third-order valence-corrected chi connectivity index (χ3v) is 4.39. The zero-order chi connectivity index (χ0) is 12.4. The molecule has 3 N–H and O–H groups in total. The van der Waals surface area contributed by atoms with E-state index in [1.54, 1.807) is 6.33 Å². The van der Waals surface area contributed by atoms with Gasteiger partial charge in [0.2, 0.25) is 0 Å². The van der Waals surface area contributed by atoms with Gasteiger partial charge in [-0.2, -0.15) is 0 Å². The number of nitrogens with zero attached hydrogens (tertiary/aromatic N) is 2. The summed E-state index contributed by atoms with van der Waals surface area (Å²) in [6, 6.07) is 0. The zero-order valence-corrected chi connectivity index (χ0v) is 10.9. The fourth-order valence-electron chi connectivity index (χ4n) is 2.94. The van der Waals surface area contributed by atoms with E-state index in [2.05, 4.69) is 15.3 Å². The van der Waals surface area contributed by atoms with E-state index in [-0.39, 0.29) is 0 Å². The lowest BCUT2D eigenvalue weighted by molar-refractivity contribution is 0.500. The minimum absolute atomic E-state index is 0.460. The summed E-state index contributed by atoms with van der Waals surface area (Å²) < 4.78 is 0. The number of fused-ring (bicyclic) bond motifs is 1. The van der Waals surface area contributed by atoms with Crippen molar-refractivity contribution in [3.63, 3.8) is 0 Å². The summed E-state index contributed by atoms with van der Waals surface area (Å²) in [5, 5.41) is 3.55. The maximum atomic E-state index is 5.68. The smallest absolute Gasteiger partial charge is 0.132 e. The highest BCUT2D eigenvalue weighted by Gasteiger charge is 2.41. The Morgan fingerprint density at radius 3 is 2.83 bits per heavy atom. The predicted octanol–water partition coefficient (Wildman–Crippen LogP) is 1.90. The molecule has 1 fully saturated rings. The van der Waals surface area contributed by atoms with Crippen molar-refractivity contribution in [2.24, 2.45) is 11.1 Å². The summed E-state index contributed by atoms with van der Waals surface area (Å²) in [4.78, 5) is 8.83. The zero-order valence-electron chi connectivity index (χ0n) is 10.9. The molecule has 0 radical (unpaired) electrons. The van der Waals surface area contributed by atoms with Crippen LogP contribution < -0.4 is 11.1 Å². The summed E-state index contributed by atoms with van der Waals surface area (Å²) >= 11 is 0. The molecule has 4 heteroatoms. The van der Waals surface area contributed by atoms with Crippen molar-refractivity contribution in [1.82, 2.24) is 9.97 Å². The van der Waals surface area contributed by atoms with Crippen LogP contribution >= 0.6 is 0 Å². The molecule has 1 aromatic rings. The number of nitrogens with one attached hydrogen (secondary N) is 1. The van der Waals surface area contributed by atoms with Gasteiger partial charge in [-0.05, 0) is 56.9 Å². The molecule has 0 spiro atoms. The first-order valence-electron chi connectivity index (χ1n) is 7.10. The van der Waals surface area contributed by atoms with Crippen LogP contribution in [-0.4, -0.2) is 23.1 Å². The molecule has 2 aliphatic rings. The highest BCUT2D eigenvalue weighted by Crippen LogP contribution is 2.48. The molecule has 0 saturated heterocycles. The Hall–Kier alpha value is -1.16. The standard InChI is InChI=1S/C14H22N4/c15-8-7-14(5-6-14)9-16-13-11-3-1-2-4-12(11)17-10-18-13/h10H,1-9,15H2,(H,16,17,18). The number of hydrogen-bond acceptors (Lipinski definition) is 4. The van der Waals surface area contributed by atoms with Crippen molar-refractivity contribution in [3.05, 3.63) is 17.6 Å². The number of rotatable bonds is 5. The Morgan fingerprint density at radius 2 is 2.06 bits per heavy atom. The quantitative estimate of drug-likeness (QED) is 0.833. The molecule has 1 saturated carbocycles. The van der Waals surface area contributed by atoms with Crippen LogP contribution in [0.4, 0.5) is 5.82 Å². The fourth-order valence-corrected chi connectivity index (χ4v) is 2.94. The molecule has 3 rings (SSSR count). The van der Waals surface area contributed by atoms with E-state index < -0.39 is 0 Å². The molecule has 4 nitrogen and oxygen atoms in total. The van der Waals surface area contributed by atoms with Gasteiger partial charge >= 0.3 is 0 Å². The van der Waals surface area contributed by atoms with Gasteiger partial charge in [0.25, 0.3) is 0 Å². The Bertz CT molecular complexity index is 426. The van der Waals surface area contributed by atoms with Crippen molar-refractivity contribution in [2.75, 3.05) is 18.4 Å². The first-order valence-corrected chi connectivity index (χ1v) is 7.10. The first kappa shape index (κ1) is 11.9. The molecule has 2 aliphatic carbocycles. The minimum Gasteiger partial charge on any atom is -0.369 e. The fraction of sp³-hybridized carbons (Fsp3) is 0.714. The van der Waals surface area contributed by atoms with Crippen molar-refractivity contribution >= 4 is 5.82 Å². The number of anilines is 1. The second kappa shape index (κ2) is 4.84. The van der Waals surface area contributed by atoms with Crippen molar-refractivity contribution in [1.29, 1.82) is 0 Å². The van der Waals surface area contributed by atoms with Crippen LogP contribution in [-0.2, 0) is 12.8 Å². The van der Waals surface area contributed by atoms with Gasteiger partial charge in [-0.25, -0.2) is 9.97 Å². The van der Waals surface area contributed by atoms with Gasteiger partial charge < -0.3 is 11.1 Å². The van der Waals surface area contributed by atoms with E-state index in [0.717, 1.165) is 38.2 Å². The van der Waals surface area contributed by atoms with Crippen LogP contribution in [0.5, 0.6) is 0 Å². The van der Waals surface area contributed by atoms with E-state index in [0.29, 0.717) is 5.41 Å². The third kappa shape index (κ3) is 2.34. The average Bonchev–Trinajstić information content (AvgIpc) is 3.17. The largest absolute Gasteiger partial charge is 0.369 e. The molecule has 0 atom stereocenters. The van der Waals surface area contributed by atoms with E-state index >= 15 is 0 Å². The minimum atomic E-state index is 0.460. The maximum Gasteiger partial charge on any atom is 0.132 e. The Morgan fingerprint density at radius 1 is 1.22 bits per heavy atom. The maximum absolute atomic E-state index is 5.68. The van der Waals surface area contributed by atoms with Gasteiger partial charge in [-0.3, -0.25) is 0 Å². The number of aryl methyl sites for hydroxylation is 1. The van der Waals surface area contributed by atoms with E-state index in [1.807, 2.05) is 0 Å². The van der Waals surface area contributed by atoms with Crippen molar-refractivity contribution in [3.8, 4) is 0 Å². The van der Waals surface area contributed by atoms with Gasteiger partial charge in [0.05, 0.1) is 0 Å². The molecule has 1 aromatic heterocycles. The molecule has 0 aromatic carbocycles. The van der Waals surface area contributed by atoms with Gasteiger partial charge in [0.1, 0.15) is 12.1 Å². The van der Waals surface area contributed by atoms with Crippen LogP contribution in [0.15, 0.2) is 6.33 Å². The van der Waals surface area contributed by atoms with E-state index in [1.165, 1.54) is 36.9 Å². The molecule has 1 heterocycles. The second-order valence-corrected chi connectivity index (χ2v) is 5.75. The van der Waals surface area contributed by atoms with Crippen LogP contribution in [0.2, 0.25) is 0 Å². The summed E-state index contributed by atoms with van der Waals surface area (Å²) in [5.74, 6) is 1.07. The number of aromatic nitrogens is 2. The lowest BCUT2D eigenvalue weighted by atomic mass is 9.96. The highest BCUT2D eigenvalue weighted by atomic mass is 15.0. The Labute approximate surface area is 108 Å². The molecule has 98 valence electrons. The van der Waals surface area contributed by atoms with Crippen molar-refractivity contribution < 1.29 is 0 Å². The van der Waals surface area contributed by atoms with E-state index in [9.17, 15) is 0 Å². The molecule has 0 amide bonds. The van der Waals surface area contributed by atoms with E-state index in [4.69, 9.17) is 5.73 Å². The highest BCUT2D eigenvalue weighted by molar-refractivity contribution is 5.47. The molecular formula is C14H22N4. The average molecular weight is 246 g/mol. The Balaban J connectivity index is 1.69. The SMILES string of the molecule is NCCC1(CNc2ncnc3c2CCCC3)CC1. The first-order chi connectivity index (χ1) is 8.83. The van der Waals surface area contributed by atoms with Crippen LogP contribution in [0.3, 0.4) is 0 Å². The van der Waals surface area contributed by atoms with Gasteiger partial charge in [0, 0.05) is 17.8 Å². The summed E-state index contributed by atoms with van der Waals surface area (Å²) in [6.45, 7) is 1.82. The Kier molecular flexibility index (Phi) is 3.20. The third-order valence-electron chi connectivity index (χ3n) is 4.39. The predicted molar refractivity (Wildman–Crippen MR) is 72.5 cm³/mol. The normalized spacial score (nSPS) is 20.3. The molecule has 18 heavy (non-hydrogen) atoms. The monoisotopic (exact) mass is 246 g/mol. The number of hydrogen-bond donors (Lipinski definition) is 2. The number of nitrogens with two attached hydrogens (primary N) is 1. The lowest BCUT2D eigenvalue weighted by Gasteiger charge is -2.20. The van der Waals surface area contributed by atoms with Crippen LogP contribution in [0, 0.1) is 5.41 Å². The van der Waals surface area contributed by atoms with Gasteiger partial charge in [0.15, 0.2) is 0 Å². The molecular weight excluding hydrogens is 224 g/mol. The van der Waals surface area contributed by atoms with Crippen LogP contribution in [0.1, 0.15) is 43.4 Å². The second-order valence-electron chi connectivity index (χ2n) is 5.75.